The second kappa shape index (κ2) is 11.5. The number of fused-ring (bicyclic) bond motifs is 14. The molecule has 1 aliphatic rings. The van der Waals surface area contributed by atoms with Crippen LogP contribution in [0, 0.1) is 0 Å². The smallest absolute Gasteiger partial charge is 0.157 e. The number of hydrogen-bond donors (Lipinski definition) is 0. The number of para-hydroxylation sites is 3. The summed E-state index contributed by atoms with van der Waals surface area (Å²) in [5.41, 5.74) is 12.4. The molecule has 0 N–H and O–H groups in total. The molecular weight excluding hydrogens is 695 g/mol. The van der Waals surface area contributed by atoms with Crippen LogP contribution in [0.4, 0.5) is 0 Å². The van der Waals surface area contributed by atoms with Crippen LogP contribution in [0.25, 0.3) is 98.6 Å². The lowest BCUT2D eigenvalue weighted by atomic mass is 9.96. The molecule has 0 radical (unpaired) electrons. The first-order valence-corrected chi connectivity index (χ1v) is 19.8. The minimum Gasteiger partial charge on any atom is -0.454 e. The van der Waals surface area contributed by atoms with E-state index in [1.165, 1.54) is 81.8 Å². The molecule has 0 fully saturated rings. The predicted molar refractivity (Wildman–Crippen MR) is 238 cm³/mol. The molecule has 0 saturated heterocycles. The van der Waals surface area contributed by atoms with Crippen molar-refractivity contribution in [2.75, 3.05) is 0 Å². The van der Waals surface area contributed by atoms with Gasteiger partial charge in [-0.05, 0) is 77.2 Å². The average molecular weight is 728 g/mol. The van der Waals surface area contributed by atoms with Gasteiger partial charge in [0.25, 0.3) is 0 Å². The van der Waals surface area contributed by atoms with Crippen molar-refractivity contribution in [1.29, 1.82) is 0 Å². The van der Waals surface area contributed by atoms with Crippen molar-refractivity contribution >= 4 is 93.2 Å². The number of allylic oxidation sites excluding steroid dienone is 1. The lowest BCUT2D eigenvalue weighted by Gasteiger charge is -2.16. The van der Waals surface area contributed by atoms with Crippen molar-refractivity contribution in [3.8, 4) is 11.1 Å². The summed E-state index contributed by atoms with van der Waals surface area (Å²) in [6.07, 6.45) is 4.01. The molecule has 4 nitrogen and oxygen atoms in total. The molecule has 0 saturated carbocycles. The summed E-state index contributed by atoms with van der Waals surface area (Å²) in [4.78, 5) is 5.72. The summed E-state index contributed by atoms with van der Waals surface area (Å²) in [6, 6.07) is 61.5. The summed E-state index contributed by atoms with van der Waals surface area (Å²) >= 11 is 0. The molecule has 8 aromatic carbocycles. The molecule has 0 aliphatic carbocycles. The highest BCUT2D eigenvalue weighted by Crippen LogP contribution is 2.47. The largest absolute Gasteiger partial charge is 0.454 e. The summed E-state index contributed by atoms with van der Waals surface area (Å²) in [5, 5.41) is 11.1. The van der Waals surface area contributed by atoms with E-state index in [2.05, 4.69) is 179 Å². The van der Waals surface area contributed by atoms with Crippen molar-refractivity contribution < 1.29 is 4.42 Å². The first-order chi connectivity index (χ1) is 28.3. The molecular formula is C53H33N3O. The lowest BCUT2D eigenvalue weighted by molar-refractivity contribution is 0.599. The SMILES string of the molecule is C1=C(n2c3ccc(-c4cccc5ccccc45)cc3c3cc4c5ccccc5n5c6ccccc6c(c32)c45)N=C(c2ccccc2)c2oc3ccccc3c2CC1. The Hall–Kier alpha value is -7.43. The van der Waals surface area contributed by atoms with Crippen LogP contribution in [-0.2, 0) is 6.42 Å². The zero-order valence-corrected chi connectivity index (χ0v) is 30.9. The highest BCUT2D eigenvalue weighted by molar-refractivity contribution is 6.34. The lowest BCUT2D eigenvalue weighted by Crippen LogP contribution is -2.09. The van der Waals surface area contributed by atoms with Crippen LogP contribution in [0.1, 0.15) is 23.3 Å². The Kier molecular flexibility index (Phi) is 6.25. The maximum atomic E-state index is 6.75. The van der Waals surface area contributed by atoms with Crippen LogP contribution >= 0.6 is 0 Å². The normalized spacial score (nSPS) is 13.7. The fourth-order valence-electron chi connectivity index (χ4n) is 9.92. The van der Waals surface area contributed by atoms with Crippen molar-refractivity contribution in [3.05, 3.63) is 193 Å². The van der Waals surface area contributed by atoms with Crippen LogP contribution < -0.4 is 0 Å². The fraction of sp³-hybridized carbons (Fsp3) is 0.0377. The van der Waals surface area contributed by atoms with Gasteiger partial charge in [0.15, 0.2) is 5.76 Å². The minimum absolute atomic E-state index is 0.821. The molecule has 0 unspecified atom stereocenters. The number of benzene rings is 8. The molecule has 266 valence electrons. The minimum atomic E-state index is 0.821. The molecule has 0 amide bonds. The maximum absolute atomic E-state index is 6.75. The Labute approximate surface area is 327 Å². The van der Waals surface area contributed by atoms with Gasteiger partial charge in [-0.2, -0.15) is 0 Å². The van der Waals surface area contributed by atoms with Crippen LogP contribution in [0.5, 0.6) is 0 Å². The zero-order chi connectivity index (χ0) is 37.2. The number of aryl methyl sites for hydroxylation is 1. The molecule has 12 aromatic rings. The molecule has 4 aromatic heterocycles. The van der Waals surface area contributed by atoms with Crippen molar-refractivity contribution in [3.63, 3.8) is 0 Å². The second-order valence-electron chi connectivity index (χ2n) is 15.3. The third-order valence-electron chi connectivity index (χ3n) is 12.3. The van der Waals surface area contributed by atoms with Gasteiger partial charge in [-0.25, -0.2) is 4.99 Å². The van der Waals surface area contributed by atoms with E-state index < -0.39 is 0 Å². The van der Waals surface area contributed by atoms with E-state index in [9.17, 15) is 0 Å². The van der Waals surface area contributed by atoms with Gasteiger partial charge in [0.2, 0.25) is 0 Å². The third-order valence-corrected chi connectivity index (χ3v) is 12.3. The van der Waals surface area contributed by atoms with E-state index >= 15 is 0 Å². The quantitative estimate of drug-likeness (QED) is 0.178. The first-order valence-electron chi connectivity index (χ1n) is 19.8. The van der Waals surface area contributed by atoms with Crippen molar-refractivity contribution in [2.24, 2.45) is 4.99 Å². The topological polar surface area (TPSA) is 34.8 Å². The van der Waals surface area contributed by atoms with Crippen LogP contribution in [0.15, 0.2) is 185 Å². The molecule has 0 bridgehead atoms. The summed E-state index contributed by atoms with van der Waals surface area (Å²) in [7, 11) is 0. The number of rotatable bonds is 3. The van der Waals surface area contributed by atoms with Gasteiger partial charge in [0.05, 0.1) is 27.6 Å². The molecule has 0 atom stereocenters. The van der Waals surface area contributed by atoms with E-state index in [0.717, 1.165) is 52.2 Å². The fourth-order valence-corrected chi connectivity index (χ4v) is 9.92. The van der Waals surface area contributed by atoms with Gasteiger partial charge in [-0.1, -0.05) is 133 Å². The van der Waals surface area contributed by atoms with Gasteiger partial charge in [0, 0.05) is 48.8 Å². The Morgan fingerprint density at radius 3 is 2.07 bits per heavy atom. The highest BCUT2D eigenvalue weighted by atomic mass is 16.3. The molecule has 0 spiro atoms. The Morgan fingerprint density at radius 2 is 1.19 bits per heavy atom. The van der Waals surface area contributed by atoms with E-state index in [1.54, 1.807) is 0 Å². The van der Waals surface area contributed by atoms with Gasteiger partial charge < -0.3 is 8.82 Å². The summed E-state index contributed by atoms with van der Waals surface area (Å²) in [6.45, 7) is 0. The summed E-state index contributed by atoms with van der Waals surface area (Å²) in [5.74, 6) is 1.75. The average Bonchev–Trinajstić information content (AvgIpc) is 3.99. The van der Waals surface area contributed by atoms with Crippen LogP contribution in [0.2, 0.25) is 0 Å². The molecule has 1 aliphatic heterocycles. The number of aromatic nitrogens is 2. The highest BCUT2D eigenvalue weighted by Gasteiger charge is 2.27. The number of hydrogen-bond acceptors (Lipinski definition) is 2. The van der Waals surface area contributed by atoms with Crippen LogP contribution in [-0.4, -0.2) is 14.7 Å². The van der Waals surface area contributed by atoms with Gasteiger partial charge in [-0.3, -0.25) is 4.57 Å². The van der Waals surface area contributed by atoms with E-state index in [0.29, 0.717) is 0 Å². The Morgan fingerprint density at radius 1 is 0.491 bits per heavy atom. The second-order valence-corrected chi connectivity index (χ2v) is 15.3. The molecule has 5 heterocycles. The molecule has 57 heavy (non-hydrogen) atoms. The third kappa shape index (κ3) is 4.24. The molecule has 4 heteroatoms. The number of nitrogens with zero attached hydrogens (tertiary/aromatic N) is 3. The summed E-state index contributed by atoms with van der Waals surface area (Å²) < 4.78 is 11.7. The van der Waals surface area contributed by atoms with Crippen molar-refractivity contribution in [2.45, 2.75) is 12.8 Å². The van der Waals surface area contributed by atoms with Gasteiger partial charge >= 0.3 is 0 Å². The van der Waals surface area contributed by atoms with E-state index in [-0.39, 0.29) is 0 Å². The van der Waals surface area contributed by atoms with Crippen molar-refractivity contribution in [1.82, 2.24) is 8.97 Å². The van der Waals surface area contributed by atoms with Gasteiger partial charge in [-0.15, -0.1) is 0 Å². The van der Waals surface area contributed by atoms with E-state index in [4.69, 9.17) is 9.41 Å². The van der Waals surface area contributed by atoms with Crippen LogP contribution in [0.3, 0.4) is 0 Å². The first kappa shape index (κ1) is 30.8. The van der Waals surface area contributed by atoms with E-state index in [1.807, 2.05) is 6.07 Å². The van der Waals surface area contributed by atoms with Gasteiger partial charge in [0.1, 0.15) is 17.1 Å². The Balaban J connectivity index is 1.19. The number of aliphatic imine (C=N–C) groups is 1. The monoisotopic (exact) mass is 727 g/mol. The predicted octanol–water partition coefficient (Wildman–Crippen LogP) is 13.8. The maximum Gasteiger partial charge on any atom is 0.157 e. The standard InChI is InChI=1S/C53H33N3O/c1-2-15-33(16-3-1)50-53-39(38-20-8-11-26-47(38)57-53)23-13-27-48(54-50)56-46-29-28-34(36-22-12-17-32-14-4-5-18-35(32)36)30-41(46)43-31-42-37-19-6-9-24-44(37)55-45-25-10-7-21-40(45)49(51(42)55)52(43)56/h1-12,14-22,24-31H,13,23H2. The molecule has 13 rings (SSSR count). The number of furan rings is 1. The Bertz CT molecular complexity index is 3680. The zero-order valence-electron chi connectivity index (χ0n) is 30.9.